The maximum atomic E-state index is 6.09. The van der Waals surface area contributed by atoms with Crippen LogP contribution < -0.4 is 0 Å². The first-order valence-electron chi connectivity index (χ1n) is 7.75. The number of hydrogen-bond donors (Lipinski definition) is 1. The molecule has 2 fully saturated rings. The first kappa shape index (κ1) is 13.8. The number of imidazole rings is 1. The maximum absolute atomic E-state index is 6.09. The second kappa shape index (κ2) is 5.11. The Morgan fingerprint density at radius 2 is 1.90 bits per heavy atom. The third-order valence-electron chi connectivity index (χ3n) is 5.36. The van der Waals surface area contributed by atoms with Gasteiger partial charge in [0.15, 0.2) is 4.77 Å². The summed E-state index contributed by atoms with van der Waals surface area (Å²) in [6, 6.07) is 7.96. The second-order valence-electron chi connectivity index (χ2n) is 6.49. The second-order valence-corrected chi connectivity index (χ2v) is 7.31. The van der Waals surface area contributed by atoms with Gasteiger partial charge in [0.25, 0.3) is 0 Å². The Hall–Kier alpha value is -0.840. The third-order valence-corrected chi connectivity index (χ3v) is 5.89. The monoisotopic (exact) mass is 321 g/mol. The predicted molar refractivity (Wildman–Crippen MR) is 89.6 cm³/mol. The fraction of sp³-hybridized carbons (Fsp3) is 0.562. The van der Waals surface area contributed by atoms with Crippen LogP contribution in [0, 0.1) is 4.77 Å². The normalized spacial score (nSPS) is 29.9. The van der Waals surface area contributed by atoms with Crippen LogP contribution in [0.4, 0.5) is 0 Å². The lowest BCUT2D eigenvalue weighted by Gasteiger charge is -2.47. The molecule has 0 saturated carbocycles. The van der Waals surface area contributed by atoms with Crippen LogP contribution in [-0.2, 0) is 0 Å². The van der Waals surface area contributed by atoms with Gasteiger partial charge in [-0.05, 0) is 63.1 Å². The summed E-state index contributed by atoms with van der Waals surface area (Å²) >= 11 is 11.7. The molecule has 4 rings (SSSR count). The fourth-order valence-corrected chi connectivity index (χ4v) is 4.79. The number of H-pyrrole nitrogens is 1. The van der Waals surface area contributed by atoms with Crippen molar-refractivity contribution in [1.29, 1.82) is 0 Å². The van der Waals surface area contributed by atoms with Crippen LogP contribution >= 0.6 is 23.8 Å². The van der Waals surface area contributed by atoms with Crippen LogP contribution in [0.15, 0.2) is 18.2 Å². The van der Waals surface area contributed by atoms with E-state index in [1.807, 2.05) is 12.1 Å². The van der Waals surface area contributed by atoms with Crippen LogP contribution in [0.25, 0.3) is 11.0 Å². The third kappa shape index (κ3) is 2.24. The zero-order chi connectivity index (χ0) is 14.6. The first-order chi connectivity index (χ1) is 10.1. The summed E-state index contributed by atoms with van der Waals surface area (Å²) in [4.78, 5) is 5.91. The number of nitrogens with zero attached hydrogens (tertiary/aromatic N) is 2. The van der Waals surface area contributed by atoms with Crippen molar-refractivity contribution in [2.75, 3.05) is 7.05 Å². The van der Waals surface area contributed by atoms with E-state index < -0.39 is 0 Å². The highest BCUT2D eigenvalue weighted by Crippen LogP contribution is 2.39. The first-order valence-corrected chi connectivity index (χ1v) is 8.54. The van der Waals surface area contributed by atoms with Crippen LogP contribution in [0.3, 0.4) is 0 Å². The average Bonchev–Trinajstić information content (AvgIpc) is 2.73. The van der Waals surface area contributed by atoms with E-state index in [0.717, 1.165) is 15.3 Å². The van der Waals surface area contributed by atoms with Crippen molar-refractivity contribution in [1.82, 2.24) is 14.5 Å². The molecule has 1 N–H and O–H groups in total. The smallest absolute Gasteiger partial charge is 0.178 e. The summed E-state index contributed by atoms with van der Waals surface area (Å²) < 4.78 is 3.17. The van der Waals surface area contributed by atoms with Gasteiger partial charge in [-0.1, -0.05) is 18.0 Å². The fourth-order valence-electron chi connectivity index (χ4n) is 4.26. The van der Waals surface area contributed by atoms with Crippen molar-refractivity contribution in [2.24, 2.45) is 0 Å². The Morgan fingerprint density at radius 1 is 1.19 bits per heavy atom. The van der Waals surface area contributed by atoms with Crippen molar-refractivity contribution < 1.29 is 0 Å². The molecule has 112 valence electrons. The molecule has 0 spiro atoms. The van der Waals surface area contributed by atoms with E-state index in [1.54, 1.807) is 0 Å². The molecule has 2 aromatic rings. The summed E-state index contributed by atoms with van der Waals surface area (Å²) in [5.74, 6) is 0. The van der Waals surface area contributed by atoms with E-state index in [0.29, 0.717) is 18.1 Å². The van der Waals surface area contributed by atoms with Crippen LogP contribution in [-0.4, -0.2) is 33.6 Å². The van der Waals surface area contributed by atoms with Gasteiger partial charge in [0.05, 0.1) is 11.0 Å². The topological polar surface area (TPSA) is 24.0 Å². The number of fused-ring (bicyclic) bond motifs is 3. The molecule has 2 saturated heterocycles. The Kier molecular flexibility index (Phi) is 3.36. The largest absolute Gasteiger partial charge is 0.331 e. The summed E-state index contributed by atoms with van der Waals surface area (Å²) in [6.45, 7) is 0. The van der Waals surface area contributed by atoms with Crippen LogP contribution in [0.1, 0.15) is 38.1 Å². The quantitative estimate of drug-likeness (QED) is 0.780. The Bertz CT molecular complexity index is 721. The molecule has 5 heteroatoms. The van der Waals surface area contributed by atoms with Gasteiger partial charge in [-0.25, -0.2) is 0 Å². The lowest BCUT2D eigenvalue weighted by Crippen LogP contribution is -2.50. The maximum Gasteiger partial charge on any atom is 0.178 e. The lowest BCUT2D eigenvalue weighted by atomic mass is 9.82. The predicted octanol–water partition coefficient (Wildman–Crippen LogP) is 4.54. The summed E-state index contributed by atoms with van der Waals surface area (Å²) in [5.41, 5.74) is 2.24. The summed E-state index contributed by atoms with van der Waals surface area (Å²) in [5, 5.41) is 0.756. The molecule has 2 unspecified atom stereocenters. The van der Waals surface area contributed by atoms with Gasteiger partial charge >= 0.3 is 0 Å². The van der Waals surface area contributed by atoms with E-state index in [4.69, 9.17) is 23.8 Å². The molecule has 2 atom stereocenters. The van der Waals surface area contributed by atoms with Gasteiger partial charge in [-0.3, -0.25) is 0 Å². The number of rotatable bonds is 1. The van der Waals surface area contributed by atoms with Gasteiger partial charge < -0.3 is 14.5 Å². The van der Waals surface area contributed by atoms with Crippen molar-refractivity contribution in [2.45, 2.75) is 50.2 Å². The number of piperidine rings is 2. The molecule has 2 aliphatic rings. The summed E-state index contributed by atoms with van der Waals surface area (Å²) in [6.07, 6.45) is 6.44. The number of halogens is 1. The lowest BCUT2D eigenvalue weighted by molar-refractivity contribution is 0.0407. The standard InChI is InChI=1S/C16H20ClN3S/c1-19-11-3-2-4-12(19)9-13(8-11)20-15-6-5-10(17)7-14(15)18-16(20)21/h5-7,11-13H,2-4,8-9H2,1H3,(H,18,21). The number of hydrogen-bond acceptors (Lipinski definition) is 2. The Labute approximate surface area is 134 Å². The van der Waals surface area contributed by atoms with Gasteiger partial charge in [0, 0.05) is 23.1 Å². The number of aromatic nitrogens is 2. The van der Waals surface area contributed by atoms with E-state index in [1.165, 1.54) is 37.6 Å². The molecule has 21 heavy (non-hydrogen) atoms. The van der Waals surface area contributed by atoms with Crippen molar-refractivity contribution >= 4 is 34.9 Å². The molecule has 2 bridgehead atoms. The number of benzene rings is 1. The number of nitrogens with one attached hydrogen (secondary N) is 1. The molecular formula is C16H20ClN3S. The Balaban J connectivity index is 1.77. The minimum atomic E-state index is 0.513. The van der Waals surface area contributed by atoms with E-state index in [9.17, 15) is 0 Å². The van der Waals surface area contributed by atoms with Gasteiger partial charge in [0.1, 0.15) is 0 Å². The van der Waals surface area contributed by atoms with Gasteiger partial charge in [-0.2, -0.15) is 0 Å². The van der Waals surface area contributed by atoms with Crippen LogP contribution in [0.5, 0.6) is 0 Å². The molecule has 3 nitrogen and oxygen atoms in total. The Morgan fingerprint density at radius 3 is 2.62 bits per heavy atom. The van der Waals surface area contributed by atoms with E-state index in [2.05, 4.69) is 27.6 Å². The van der Waals surface area contributed by atoms with Gasteiger partial charge in [-0.15, -0.1) is 0 Å². The summed E-state index contributed by atoms with van der Waals surface area (Å²) in [7, 11) is 2.29. The molecule has 2 aliphatic heterocycles. The van der Waals surface area contributed by atoms with Crippen molar-refractivity contribution in [3.8, 4) is 0 Å². The highest BCUT2D eigenvalue weighted by atomic mass is 35.5. The minimum Gasteiger partial charge on any atom is -0.331 e. The SMILES string of the molecule is CN1C2CCCC1CC(n1c(=S)[nH]c3cc(Cl)ccc31)C2. The average molecular weight is 322 g/mol. The van der Waals surface area contributed by atoms with Crippen molar-refractivity contribution in [3.63, 3.8) is 0 Å². The minimum absolute atomic E-state index is 0.513. The molecule has 1 aromatic carbocycles. The number of aromatic amines is 1. The molecular weight excluding hydrogens is 302 g/mol. The molecule has 0 radical (unpaired) electrons. The van der Waals surface area contributed by atoms with E-state index in [-0.39, 0.29) is 0 Å². The molecule has 0 amide bonds. The van der Waals surface area contributed by atoms with Crippen LogP contribution in [0.2, 0.25) is 5.02 Å². The molecule has 1 aromatic heterocycles. The zero-order valence-electron chi connectivity index (χ0n) is 12.2. The van der Waals surface area contributed by atoms with Gasteiger partial charge in [0.2, 0.25) is 0 Å². The van der Waals surface area contributed by atoms with E-state index >= 15 is 0 Å². The molecule has 0 aliphatic carbocycles. The zero-order valence-corrected chi connectivity index (χ0v) is 13.8. The highest BCUT2D eigenvalue weighted by Gasteiger charge is 2.37. The van der Waals surface area contributed by atoms with Crippen molar-refractivity contribution in [3.05, 3.63) is 28.0 Å². The molecule has 3 heterocycles. The highest BCUT2D eigenvalue weighted by molar-refractivity contribution is 7.71.